The Morgan fingerprint density at radius 1 is 1.11 bits per heavy atom. The van der Waals surface area contributed by atoms with Gasteiger partial charge in [-0.1, -0.05) is 19.9 Å². The number of hydrogen-bond donors (Lipinski definition) is 1. The molecule has 206 valence electrons. The molecule has 1 aromatic carbocycles. The van der Waals surface area contributed by atoms with Gasteiger partial charge in [-0.2, -0.15) is 0 Å². The number of anilines is 1. The van der Waals surface area contributed by atoms with Gasteiger partial charge in [0, 0.05) is 33.1 Å². The zero-order valence-corrected chi connectivity index (χ0v) is 22.3. The van der Waals surface area contributed by atoms with Gasteiger partial charge in [0.15, 0.2) is 18.1 Å². The molecule has 12 heteroatoms. The van der Waals surface area contributed by atoms with Crippen LogP contribution in [0.15, 0.2) is 27.8 Å². The maximum absolute atomic E-state index is 12.8. The highest BCUT2D eigenvalue weighted by Gasteiger charge is 2.35. The van der Waals surface area contributed by atoms with Crippen molar-refractivity contribution in [2.45, 2.75) is 33.2 Å². The van der Waals surface area contributed by atoms with Crippen molar-refractivity contribution >= 4 is 23.5 Å². The lowest BCUT2D eigenvalue weighted by Crippen LogP contribution is -2.43. The molecular weight excluding hydrogens is 496 g/mol. The number of ketones is 1. The predicted molar refractivity (Wildman–Crippen MR) is 138 cm³/mol. The molecule has 12 nitrogen and oxygen atoms in total. The first-order valence-corrected chi connectivity index (χ1v) is 12.3. The monoisotopic (exact) mass is 530 g/mol. The number of rotatable bonds is 11. The van der Waals surface area contributed by atoms with E-state index in [4.69, 9.17) is 19.9 Å². The zero-order chi connectivity index (χ0) is 28.1. The van der Waals surface area contributed by atoms with E-state index in [2.05, 4.69) is 0 Å². The van der Waals surface area contributed by atoms with Crippen LogP contribution in [0, 0.1) is 11.8 Å². The molecule has 38 heavy (non-hydrogen) atoms. The Labute approximate surface area is 219 Å². The summed E-state index contributed by atoms with van der Waals surface area (Å²) in [6, 6.07) is 5.49. The second kappa shape index (κ2) is 12.0. The highest BCUT2D eigenvalue weighted by atomic mass is 16.5. The van der Waals surface area contributed by atoms with Crippen molar-refractivity contribution in [1.29, 1.82) is 0 Å². The van der Waals surface area contributed by atoms with Crippen LogP contribution in [0.3, 0.4) is 0 Å². The number of carbonyl (C=O) groups is 3. The van der Waals surface area contributed by atoms with E-state index < -0.39 is 41.1 Å². The van der Waals surface area contributed by atoms with Crippen LogP contribution < -0.4 is 26.5 Å². The van der Waals surface area contributed by atoms with E-state index in [-0.39, 0.29) is 37.2 Å². The van der Waals surface area contributed by atoms with Gasteiger partial charge in [0.25, 0.3) is 5.56 Å². The number of ether oxygens (including phenoxy) is 3. The number of hydrogen-bond acceptors (Lipinski definition) is 9. The molecule has 0 radical (unpaired) electrons. The number of methoxy groups -OCH3 is 2. The number of nitrogens with two attached hydrogens (primary N) is 1. The Balaban J connectivity index is 1.62. The number of nitrogen functional groups attached to an aromatic ring is 1. The molecule has 1 atom stereocenters. The number of carbonyl (C=O) groups excluding carboxylic acids is 3. The maximum atomic E-state index is 12.8. The van der Waals surface area contributed by atoms with E-state index >= 15 is 0 Å². The van der Waals surface area contributed by atoms with Crippen molar-refractivity contribution in [3.8, 4) is 11.5 Å². The number of esters is 1. The molecular formula is C26H34N4O8. The van der Waals surface area contributed by atoms with Crippen molar-refractivity contribution < 1.29 is 28.6 Å². The van der Waals surface area contributed by atoms with E-state index in [0.29, 0.717) is 24.5 Å². The molecule has 1 aliphatic heterocycles. The first-order valence-electron chi connectivity index (χ1n) is 12.3. The second-order valence-electron chi connectivity index (χ2n) is 9.62. The molecule has 1 saturated heterocycles. The van der Waals surface area contributed by atoms with E-state index in [9.17, 15) is 24.0 Å². The van der Waals surface area contributed by atoms with Crippen molar-refractivity contribution in [2.75, 3.05) is 39.6 Å². The van der Waals surface area contributed by atoms with Gasteiger partial charge >= 0.3 is 11.7 Å². The quantitative estimate of drug-likeness (QED) is 0.325. The Kier molecular flexibility index (Phi) is 8.97. The molecule has 2 heterocycles. The van der Waals surface area contributed by atoms with Crippen LogP contribution in [0.25, 0.3) is 0 Å². The van der Waals surface area contributed by atoms with Gasteiger partial charge in [0.05, 0.1) is 20.1 Å². The molecule has 1 aliphatic rings. The highest BCUT2D eigenvalue weighted by Crippen LogP contribution is 2.28. The van der Waals surface area contributed by atoms with Crippen LogP contribution in [-0.2, 0) is 34.3 Å². The van der Waals surface area contributed by atoms with Gasteiger partial charge in [-0.05, 0) is 30.0 Å². The maximum Gasteiger partial charge on any atom is 0.332 e. The SMILES string of the molecule is COc1ccc(CCN2C[C@H](C(=O)OCC(=O)c3c(N)n(CC(C)C)c(=O)n(C)c3=O)CC2=O)cc1OC. The summed E-state index contributed by atoms with van der Waals surface area (Å²) in [4.78, 5) is 64.5. The van der Waals surface area contributed by atoms with Crippen molar-refractivity contribution in [1.82, 2.24) is 14.0 Å². The third-order valence-corrected chi connectivity index (χ3v) is 6.42. The average molecular weight is 531 g/mol. The van der Waals surface area contributed by atoms with Gasteiger partial charge in [0.1, 0.15) is 11.4 Å². The normalized spacial score (nSPS) is 15.2. The van der Waals surface area contributed by atoms with Gasteiger partial charge in [-0.15, -0.1) is 0 Å². The van der Waals surface area contributed by atoms with Crippen LogP contribution in [0.5, 0.6) is 11.5 Å². The fraction of sp³-hybridized carbons (Fsp3) is 0.500. The molecule has 2 aromatic rings. The van der Waals surface area contributed by atoms with Gasteiger partial charge < -0.3 is 24.8 Å². The minimum absolute atomic E-state index is 0.0304. The summed E-state index contributed by atoms with van der Waals surface area (Å²) in [5.74, 6) is -1.51. The first kappa shape index (κ1) is 28.5. The van der Waals surface area contributed by atoms with E-state index in [1.54, 1.807) is 25.2 Å². The van der Waals surface area contributed by atoms with Crippen LogP contribution in [0.4, 0.5) is 5.82 Å². The van der Waals surface area contributed by atoms with Crippen molar-refractivity contribution in [3.05, 3.63) is 50.2 Å². The molecule has 0 saturated carbocycles. The fourth-order valence-corrected chi connectivity index (χ4v) is 4.36. The minimum atomic E-state index is -0.856. The third-order valence-electron chi connectivity index (χ3n) is 6.42. The zero-order valence-electron chi connectivity index (χ0n) is 22.3. The number of Topliss-reactive ketones (excluding diaryl/α,β-unsaturated/α-hetero) is 1. The topological polar surface area (TPSA) is 152 Å². The summed E-state index contributed by atoms with van der Waals surface area (Å²) in [7, 11) is 4.35. The minimum Gasteiger partial charge on any atom is -0.493 e. The Morgan fingerprint density at radius 3 is 2.42 bits per heavy atom. The summed E-state index contributed by atoms with van der Waals surface area (Å²) in [6.45, 7) is 3.75. The van der Waals surface area contributed by atoms with E-state index in [0.717, 1.165) is 14.7 Å². The van der Waals surface area contributed by atoms with Gasteiger partial charge in [-0.3, -0.25) is 28.3 Å². The fourth-order valence-electron chi connectivity index (χ4n) is 4.36. The lowest BCUT2D eigenvalue weighted by Gasteiger charge is -2.17. The summed E-state index contributed by atoms with van der Waals surface area (Å²) in [6.07, 6.45) is 0.503. The molecule has 1 aromatic heterocycles. The molecule has 0 aliphatic carbocycles. The van der Waals surface area contributed by atoms with Crippen LogP contribution in [-0.4, -0.2) is 65.6 Å². The molecule has 0 bridgehead atoms. The number of aromatic nitrogens is 2. The average Bonchev–Trinajstić information content (AvgIpc) is 3.27. The number of likely N-dealkylation sites (tertiary alicyclic amines) is 1. The molecule has 1 amide bonds. The summed E-state index contributed by atoms with van der Waals surface area (Å²) in [5, 5.41) is 0. The smallest absolute Gasteiger partial charge is 0.332 e. The molecule has 1 fully saturated rings. The summed E-state index contributed by atoms with van der Waals surface area (Å²) < 4.78 is 17.7. The van der Waals surface area contributed by atoms with Crippen molar-refractivity contribution in [3.63, 3.8) is 0 Å². The van der Waals surface area contributed by atoms with E-state index in [1.807, 2.05) is 26.0 Å². The molecule has 3 rings (SSSR count). The lowest BCUT2D eigenvalue weighted by atomic mass is 10.1. The van der Waals surface area contributed by atoms with Crippen LogP contribution in [0.1, 0.15) is 36.2 Å². The second-order valence-corrected chi connectivity index (χ2v) is 9.62. The van der Waals surface area contributed by atoms with E-state index in [1.165, 1.54) is 7.05 Å². The van der Waals surface area contributed by atoms with Crippen molar-refractivity contribution in [2.24, 2.45) is 18.9 Å². The Hall–Kier alpha value is -4.09. The Bertz CT molecular complexity index is 1340. The summed E-state index contributed by atoms with van der Waals surface area (Å²) in [5.41, 5.74) is 5.05. The Morgan fingerprint density at radius 2 is 1.79 bits per heavy atom. The van der Waals surface area contributed by atoms with Gasteiger partial charge in [-0.25, -0.2) is 4.79 Å². The number of amides is 1. The standard InChI is InChI=1S/C26H34N4O8/c1-15(2)12-30-23(27)22(24(33)28(3)26(30)35)18(31)14-38-25(34)17-11-21(32)29(13-17)9-8-16-6-7-19(36-4)20(10-16)37-5/h6-7,10,15,17H,8-9,11-14,27H2,1-5H3/t17-/m1/s1. The number of nitrogens with zero attached hydrogens (tertiary/aromatic N) is 3. The first-order chi connectivity index (χ1) is 18.0. The molecule has 0 unspecified atom stereocenters. The van der Waals surface area contributed by atoms with Crippen LogP contribution in [0.2, 0.25) is 0 Å². The number of benzene rings is 1. The predicted octanol–water partition coefficient (Wildman–Crippen LogP) is 0.620. The largest absolute Gasteiger partial charge is 0.493 e. The molecule has 0 spiro atoms. The highest BCUT2D eigenvalue weighted by molar-refractivity contribution is 6.01. The lowest BCUT2D eigenvalue weighted by molar-refractivity contribution is -0.147. The third kappa shape index (κ3) is 6.06. The summed E-state index contributed by atoms with van der Waals surface area (Å²) >= 11 is 0. The van der Waals surface area contributed by atoms with Gasteiger partial charge in [0.2, 0.25) is 11.7 Å². The van der Waals surface area contributed by atoms with Crippen LogP contribution >= 0.6 is 0 Å². The molecule has 2 N–H and O–H groups in total.